The van der Waals surface area contributed by atoms with Gasteiger partial charge >= 0.3 is 0 Å². The summed E-state index contributed by atoms with van der Waals surface area (Å²) in [7, 11) is 4.02. The van der Waals surface area contributed by atoms with Crippen molar-refractivity contribution in [1.82, 2.24) is 25.2 Å². The summed E-state index contributed by atoms with van der Waals surface area (Å²) in [5, 5.41) is 6.09. The number of carbonyl (C=O) groups is 1. The molecular weight excluding hydrogens is 304 g/mol. The molecule has 24 heavy (non-hydrogen) atoms. The molecule has 0 unspecified atom stereocenters. The molecule has 1 amide bonds. The highest BCUT2D eigenvalue weighted by molar-refractivity contribution is 5.92. The average Bonchev–Trinajstić information content (AvgIpc) is 2.57. The fourth-order valence-corrected chi connectivity index (χ4v) is 2.16. The van der Waals surface area contributed by atoms with Crippen LogP contribution in [0.1, 0.15) is 28.3 Å². The van der Waals surface area contributed by atoms with Crippen molar-refractivity contribution in [2.75, 3.05) is 32.5 Å². The first-order valence-electron chi connectivity index (χ1n) is 7.96. The molecule has 2 heterocycles. The maximum Gasteiger partial charge on any atom is 0.270 e. The van der Waals surface area contributed by atoms with Crippen molar-refractivity contribution in [3.8, 4) is 0 Å². The number of nitrogens with one attached hydrogen (secondary N) is 2. The van der Waals surface area contributed by atoms with Crippen LogP contribution < -0.4 is 10.6 Å². The Kier molecular flexibility index (Phi) is 6.62. The summed E-state index contributed by atoms with van der Waals surface area (Å²) >= 11 is 0. The molecule has 2 aromatic rings. The lowest BCUT2D eigenvalue weighted by Crippen LogP contribution is -2.28. The second kappa shape index (κ2) is 8.93. The Morgan fingerprint density at radius 2 is 2.12 bits per heavy atom. The second-order valence-corrected chi connectivity index (χ2v) is 5.81. The van der Waals surface area contributed by atoms with E-state index in [1.165, 1.54) is 0 Å². The molecule has 0 saturated heterocycles. The van der Waals surface area contributed by atoms with Crippen LogP contribution in [0, 0.1) is 6.92 Å². The summed E-state index contributed by atoms with van der Waals surface area (Å²) < 4.78 is 0. The maximum absolute atomic E-state index is 12.2. The standard InChI is InChI=1S/C17H24N6O/c1-13-21-15(17(24)19-8-5-9-23(2)3)10-16(22-13)20-12-14-6-4-7-18-11-14/h4,6-7,10-11H,5,8-9,12H2,1-3H3,(H,19,24)(H,20,21,22). The lowest BCUT2D eigenvalue weighted by Gasteiger charge is -2.11. The van der Waals surface area contributed by atoms with Crippen LogP contribution in [-0.2, 0) is 6.54 Å². The number of pyridine rings is 1. The number of rotatable bonds is 8. The highest BCUT2D eigenvalue weighted by atomic mass is 16.1. The van der Waals surface area contributed by atoms with Gasteiger partial charge in [0.1, 0.15) is 17.3 Å². The van der Waals surface area contributed by atoms with Gasteiger partial charge in [-0.1, -0.05) is 6.07 Å². The van der Waals surface area contributed by atoms with Crippen molar-refractivity contribution in [2.24, 2.45) is 0 Å². The normalized spacial score (nSPS) is 10.7. The highest BCUT2D eigenvalue weighted by Gasteiger charge is 2.10. The van der Waals surface area contributed by atoms with Gasteiger partial charge in [-0.2, -0.15) is 0 Å². The van der Waals surface area contributed by atoms with Crippen molar-refractivity contribution in [3.63, 3.8) is 0 Å². The van der Waals surface area contributed by atoms with Gasteiger partial charge < -0.3 is 15.5 Å². The Morgan fingerprint density at radius 3 is 2.83 bits per heavy atom. The average molecular weight is 328 g/mol. The lowest BCUT2D eigenvalue weighted by molar-refractivity contribution is 0.0947. The largest absolute Gasteiger partial charge is 0.366 e. The fraction of sp³-hybridized carbons (Fsp3) is 0.412. The molecule has 0 radical (unpaired) electrons. The number of hydrogen-bond donors (Lipinski definition) is 2. The summed E-state index contributed by atoms with van der Waals surface area (Å²) in [6, 6.07) is 5.53. The van der Waals surface area contributed by atoms with E-state index >= 15 is 0 Å². The summed E-state index contributed by atoms with van der Waals surface area (Å²) in [6.07, 6.45) is 4.42. The molecule has 0 aliphatic heterocycles. The van der Waals surface area contributed by atoms with Gasteiger partial charge in [0.05, 0.1) is 0 Å². The zero-order valence-electron chi connectivity index (χ0n) is 14.4. The molecule has 0 spiro atoms. The molecule has 7 heteroatoms. The minimum atomic E-state index is -0.177. The molecule has 0 aromatic carbocycles. The molecule has 128 valence electrons. The van der Waals surface area contributed by atoms with E-state index < -0.39 is 0 Å². The third-order valence-electron chi connectivity index (χ3n) is 3.33. The molecule has 7 nitrogen and oxygen atoms in total. The van der Waals surface area contributed by atoms with Crippen LogP contribution in [0.15, 0.2) is 30.6 Å². The Balaban J connectivity index is 1.93. The van der Waals surface area contributed by atoms with Gasteiger partial charge in [0, 0.05) is 31.5 Å². The predicted octanol–water partition coefficient (Wildman–Crippen LogP) is 1.47. The van der Waals surface area contributed by atoms with Crippen molar-refractivity contribution in [1.29, 1.82) is 0 Å². The third kappa shape index (κ3) is 5.92. The topological polar surface area (TPSA) is 83.0 Å². The van der Waals surface area contributed by atoms with Crippen LogP contribution in [0.2, 0.25) is 0 Å². The van der Waals surface area contributed by atoms with Gasteiger partial charge in [-0.25, -0.2) is 9.97 Å². The monoisotopic (exact) mass is 328 g/mol. The molecule has 0 fully saturated rings. The molecule has 0 aliphatic rings. The van der Waals surface area contributed by atoms with Crippen molar-refractivity contribution < 1.29 is 4.79 Å². The maximum atomic E-state index is 12.2. The molecule has 2 rings (SSSR count). The van der Waals surface area contributed by atoms with E-state index in [9.17, 15) is 4.79 Å². The minimum absolute atomic E-state index is 0.177. The lowest BCUT2D eigenvalue weighted by atomic mass is 10.3. The molecule has 0 aliphatic carbocycles. The first-order valence-corrected chi connectivity index (χ1v) is 7.96. The molecular formula is C17H24N6O. The summed E-state index contributed by atoms with van der Waals surface area (Å²) in [5.41, 5.74) is 1.42. The fourth-order valence-electron chi connectivity index (χ4n) is 2.16. The molecule has 0 saturated carbocycles. The van der Waals surface area contributed by atoms with Crippen molar-refractivity contribution in [2.45, 2.75) is 19.9 Å². The summed E-state index contributed by atoms with van der Waals surface area (Å²) in [5.74, 6) is 1.01. The zero-order valence-corrected chi connectivity index (χ0v) is 14.4. The van der Waals surface area contributed by atoms with Crippen LogP contribution >= 0.6 is 0 Å². The Hall–Kier alpha value is -2.54. The van der Waals surface area contributed by atoms with Gasteiger partial charge in [-0.15, -0.1) is 0 Å². The smallest absolute Gasteiger partial charge is 0.270 e. The molecule has 2 aromatic heterocycles. The van der Waals surface area contributed by atoms with Crippen LogP contribution in [-0.4, -0.2) is 52.9 Å². The quantitative estimate of drug-likeness (QED) is 0.714. The van der Waals surface area contributed by atoms with Crippen LogP contribution in [0.25, 0.3) is 0 Å². The number of aromatic nitrogens is 3. The second-order valence-electron chi connectivity index (χ2n) is 5.81. The number of amides is 1. The Morgan fingerprint density at radius 1 is 1.29 bits per heavy atom. The van der Waals surface area contributed by atoms with Gasteiger partial charge in [-0.05, 0) is 45.6 Å². The number of carbonyl (C=O) groups excluding carboxylic acids is 1. The number of nitrogens with zero attached hydrogens (tertiary/aromatic N) is 4. The van der Waals surface area contributed by atoms with Crippen molar-refractivity contribution >= 4 is 11.7 Å². The highest BCUT2D eigenvalue weighted by Crippen LogP contribution is 2.09. The molecule has 2 N–H and O–H groups in total. The summed E-state index contributed by atoms with van der Waals surface area (Å²) in [6.45, 7) is 3.92. The number of aryl methyl sites for hydroxylation is 1. The van der Waals surface area contributed by atoms with E-state index in [-0.39, 0.29) is 5.91 Å². The summed E-state index contributed by atoms with van der Waals surface area (Å²) in [4.78, 5) is 26.9. The number of anilines is 1. The van der Waals surface area contributed by atoms with E-state index in [1.54, 1.807) is 25.4 Å². The van der Waals surface area contributed by atoms with Gasteiger partial charge in [0.2, 0.25) is 0 Å². The van der Waals surface area contributed by atoms with E-state index in [0.29, 0.717) is 30.4 Å². The molecule has 0 bridgehead atoms. The first-order chi connectivity index (χ1) is 11.5. The first kappa shape index (κ1) is 17.8. The third-order valence-corrected chi connectivity index (χ3v) is 3.33. The Bertz CT molecular complexity index is 659. The number of hydrogen-bond acceptors (Lipinski definition) is 6. The van der Waals surface area contributed by atoms with Gasteiger partial charge in [0.25, 0.3) is 5.91 Å². The van der Waals surface area contributed by atoms with Crippen LogP contribution in [0.3, 0.4) is 0 Å². The van der Waals surface area contributed by atoms with Gasteiger partial charge in [0.15, 0.2) is 0 Å². The van der Waals surface area contributed by atoms with Gasteiger partial charge in [-0.3, -0.25) is 9.78 Å². The van der Waals surface area contributed by atoms with E-state index in [1.807, 2.05) is 26.2 Å². The van der Waals surface area contributed by atoms with Crippen LogP contribution in [0.4, 0.5) is 5.82 Å². The van der Waals surface area contributed by atoms with E-state index in [4.69, 9.17) is 0 Å². The van der Waals surface area contributed by atoms with Crippen molar-refractivity contribution in [3.05, 3.63) is 47.7 Å². The predicted molar refractivity (Wildman–Crippen MR) is 93.8 cm³/mol. The molecule has 0 atom stereocenters. The minimum Gasteiger partial charge on any atom is -0.366 e. The SMILES string of the molecule is Cc1nc(NCc2cccnc2)cc(C(=O)NCCCN(C)C)n1. The van der Waals surface area contributed by atoms with E-state index in [2.05, 4.69) is 30.5 Å². The Labute approximate surface area is 142 Å². The zero-order chi connectivity index (χ0) is 17.4. The van der Waals surface area contributed by atoms with Crippen LogP contribution in [0.5, 0.6) is 0 Å². The van der Waals surface area contributed by atoms with E-state index in [0.717, 1.165) is 18.5 Å².